The van der Waals surface area contributed by atoms with E-state index in [0.717, 1.165) is 74.6 Å². The van der Waals surface area contributed by atoms with Crippen molar-refractivity contribution in [3.8, 4) is 0 Å². The number of fused-ring (bicyclic) bond motifs is 2. The van der Waals surface area contributed by atoms with E-state index in [4.69, 9.17) is 11.6 Å². The first-order valence-electron chi connectivity index (χ1n) is 19.1. The Kier molecular flexibility index (Phi) is 7.60. The van der Waals surface area contributed by atoms with Gasteiger partial charge in [0.1, 0.15) is 5.82 Å². The zero-order valence-corrected chi connectivity index (χ0v) is 30.4. The standard InChI is InChI=1S/C42H49ClFN3O4/c1-38-15-10-27(48)23-40(38)18-19-42(29(24-40)34(49)22-28-30(43)6-5-7-31(28)44)35(38)11-16-39(2)36(42)12-17-41(39,51)25-46-20-13-26(14-21-46)47-33-9-4-3-8-32(33)45-37(47)50/h3-9,18-19,24,26-27,35-36,48,51H,10-17,20-23,25H2,1-2H3,(H,45,50)/t27?,35-,36-,38-,39+,40+,41-,42-/m1/s1. The number of carbonyl (C=O) groups is 1. The van der Waals surface area contributed by atoms with Gasteiger partial charge in [-0.2, -0.15) is 0 Å². The number of aliphatic hydroxyl groups is 2. The zero-order valence-electron chi connectivity index (χ0n) is 29.6. The number of Topliss-reactive ketones (excluding diaryl/α,β-unsaturated/α-hetero) is 1. The molecule has 8 atom stereocenters. The lowest BCUT2D eigenvalue weighted by Gasteiger charge is -2.71. The minimum absolute atomic E-state index is 0.0283. The molecule has 0 amide bonds. The van der Waals surface area contributed by atoms with Gasteiger partial charge >= 0.3 is 5.69 Å². The van der Waals surface area contributed by atoms with Crippen molar-refractivity contribution in [2.24, 2.45) is 33.5 Å². The number of benzene rings is 2. The van der Waals surface area contributed by atoms with Gasteiger partial charge in [-0.25, -0.2) is 9.18 Å². The predicted octanol–water partition coefficient (Wildman–Crippen LogP) is 7.16. The third-order valence-electron chi connectivity index (χ3n) is 15.4. The second-order valence-corrected chi connectivity index (χ2v) is 17.8. The Morgan fingerprint density at radius 2 is 1.69 bits per heavy atom. The lowest BCUT2D eigenvalue weighted by molar-refractivity contribution is -0.179. The van der Waals surface area contributed by atoms with Gasteiger partial charge in [-0.15, -0.1) is 0 Å². The number of likely N-dealkylation sites (tertiary alicyclic amines) is 1. The van der Waals surface area contributed by atoms with E-state index in [2.05, 4.69) is 42.0 Å². The number of para-hydroxylation sites is 2. The summed E-state index contributed by atoms with van der Waals surface area (Å²) >= 11 is 6.48. The van der Waals surface area contributed by atoms with E-state index < -0.39 is 33.8 Å². The fourth-order valence-electron chi connectivity index (χ4n) is 12.8. The zero-order chi connectivity index (χ0) is 35.6. The maximum Gasteiger partial charge on any atom is 0.326 e. The molecule has 2 spiro atoms. The molecule has 1 aromatic heterocycles. The van der Waals surface area contributed by atoms with E-state index in [0.29, 0.717) is 19.4 Å². The maximum atomic E-state index is 15.1. The van der Waals surface area contributed by atoms with Crippen molar-refractivity contribution in [2.75, 3.05) is 19.6 Å². The molecule has 7 aliphatic rings. The molecule has 7 nitrogen and oxygen atoms in total. The van der Waals surface area contributed by atoms with E-state index in [9.17, 15) is 19.8 Å². The lowest BCUT2D eigenvalue weighted by atomic mass is 9.32. The summed E-state index contributed by atoms with van der Waals surface area (Å²) in [6.45, 7) is 6.79. The number of carbonyl (C=O) groups excluding carboxylic acids is 1. The monoisotopic (exact) mass is 713 g/mol. The highest BCUT2D eigenvalue weighted by atomic mass is 35.5. The number of allylic oxidation sites excluding steroid dienone is 4. The highest BCUT2D eigenvalue weighted by Gasteiger charge is 2.74. The Bertz CT molecular complexity index is 2030. The Hall–Kier alpha value is -3.04. The van der Waals surface area contributed by atoms with Crippen LogP contribution in [-0.4, -0.2) is 61.8 Å². The number of halogens is 2. The Balaban J connectivity index is 1.03. The summed E-state index contributed by atoms with van der Waals surface area (Å²) in [6, 6.07) is 12.5. The molecule has 51 heavy (non-hydrogen) atoms. The van der Waals surface area contributed by atoms with Gasteiger partial charge in [-0.1, -0.05) is 61.9 Å². The van der Waals surface area contributed by atoms with E-state index in [1.807, 2.05) is 28.8 Å². The average Bonchev–Trinajstić information content (AvgIpc) is 3.58. The highest BCUT2D eigenvalue weighted by molar-refractivity contribution is 6.31. The fraction of sp³-hybridized carbons (Fsp3) is 0.571. The summed E-state index contributed by atoms with van der Waals surface area (Å²) in [5.74, 6) is -0.374. The molecule has 0 radical (unpaired) electrons. The molecule has 2 aromatic carbocycles. The summed E-state index contributed by atoms with van der Waals surface area (Å²) in [7, 11) is 0. The average molecular weight is 714 g/mol. The van der Waals surface area contributed by atoms with Crippen molar-refractivity contribution in [1.29, 1.82) is 0 Å². The second kappa shape index (κ2) is 11.5. The summed E-state index contributed by atoms with van der Waals surface area (Å²) in [5.41, 5.74) is 0.139. The molecule has 10 rings (SSSR count). The number of H-pyrrole nitrogens is 1. The van der Waals surface area contributed by atoms with E-state index in [1.54, 1.807) is 12.1 Å². The van der Waals surface area contributed by atoms with Crippen LogP contribution in [0, 0.1) is 39.3 Å². The van der Waals surface area contributed by atoms with Gasteiger partial charge in [0.05, 0.1) is 22.7 Å². The number of imidazole rings is 1. The van der Waals surface area contributed by atoms with Crippen molar-refractivity contribution < 1.29 is 19.4 Å². The quantitative estimate of drug-likeness (QED) is 0.236. The topological polar surface area (TPSA) is 98.6 Å². The largest absolute Gasteiger partial charge is 0.393 e. The van der Waals surface area contributed by atoms with Crippen LogP contribution in [0.1, 0.15) is 83.2 Å². The van der Waals surface area contributed by atoms with Gasteiger partial charge < -0.3 is 20.1 Å². The molecule has 3 N–H and O–H groups in total. The van der Waals surface area contributed by atoms with E-state index in [1.165, 1.54) is 6.07 Å². The summed E-state index contributed by atoms with van der Waals surface area (Å²) in [6.07, 6.45) is 13.3. The molecule has 1 saturated heterocycles. The number of hydrogen-bond donors (Lipinski definition) is 3. The van der Waals surface area contributed by atoms with Crippen LogP contribution in [0.15, 0.2) is 71.1 Å². The number of aliphatic hydroxyl groups excluding tert-OH is 1. The van der Waals surface area contributed by atoms with Crippen LogP contribution >= 0.6 is 11.6 Å². The highest BCUT2D eigenvalue weighted by Crippen LogP contribution is 2.78. The smallest absolute Gasteiger partial charge is 0.326 e. The van der Waals surface area contributed by atoms with Gasteiger partial charge in [-0.05, 0) is 99.3 Å². The van der Waals surface area contributed by atoms with Crippen LogP contribution in [0.2, 0.25) is 5.02 Å². The van der Waals surface area contributed by atoms with Crippen LogP contribution in [-0.2, 0) is 11.2 Å². The number of nitrogens with one attached hydrogen (secondary N) is 1. The fourth-order valence-corrected chi connectivity index (χ4v) is 13.0. The van der Waals surface area contributed by atoms with Crippen LogP contribution in [0.3, 0.4) is 0 Å². The van der Waals surface area contributed by atoms with Crippen molar-refractivity contribution in [1.82, 2.24) is 14.5 Å². The number of aromatic nitrogens is 2. The molecule has 3 aromatic rings. The second-order valence-electron chi connectivity index (χ2n) is 17.4. The van der Waals surface area contributed by atoms with Crippen LogP contribution in [0.5, 0.6) is 0 Å². The Morgan fingerprint density at radius 3 is 2.47 bits per heavy atom. The van der Waals surface area contributed by atoms with Gasteiger partial charge in [0.15, 0.2) is 5.78 Å². The molecule has 270 valence electrons. The first-order chi connectivity index (χ1) is 24.3. The minimum atomic E-state index is -0.950. The SMILES string of the molecule is C[C@]12CC[C@H]3[C@]4(C=C[C@@]5(C=C4C(=O)Cc4c(F)cccc4Cl)CC(O)CC[C@]35C)[C@@H]1CC[C@@]2(O)CN1CCC(n2c(=O)[nH]c3ccccc32)CC1. The number of piperidine rings is 1. The van der Waals surface area contributed by atoms with Gasteiger partial charge in [-0.3, -0.25) is 9.36 Å². The number of aromatic amines is 1. The number of β-amino-alcohol motifs (C(OH)–C–C–N with tert-alkyl or cyclic N) is 1. The molecule has 6 aliphatic carbocycles. The Labute approximate surface area is 303 Å². The number of rotatable bonds is 6. The number of nitrogens with zero attached hydrogens (tertiary/aromatic N) is 2. The van der Waals surface area contributed by atoms with Crippen LogP contribution < -0.4 is 5.69 Å². The first kappa shape index (κ1) is 33.8. The molecule has 9 heteroatoms. The lowest BCUT2D eigenvalue weighted by Crippen LogP contribution is -2.67. The summed E-state index contributed by atoms with van der Waals surface area (Å²) < 4.78 is 17.0. The predicted molar refractivity (Wildman–Crippen MR) is 196 cm³/mol. The van der Waals surface area contributed by atoms with E-state index >= 15 is 4.39 Å². The summed E-state index contributed by atoms with van der Waals surface area (Å²) in [4.78, 5) is 33.0. The van der Waals surface area contributed by atoms with Crippen molar-refractivity contribution in [3.05, 3.63) is 93.2 Å². The molecular weight excluding hydrogens is 665 g/mol. The molecule has 3 saturated carbocycles. The first-order valence-corrected chi connectivity index (χ1v) is 19.4. The normalized spacial score (nSPS) is 39.1. The molecule has 2 bridgehead atoms. The molecule has 4 fully saturated rings. The van der Waals surface area contributed by atoms with E-state index in [-0.39, 0.29) is 51.8 Å². The molecular formula is C42H49ClFN3O4. The number of hydrogen-bond acceptors (Lipinski definition) is 5. The summed E-state index contributed by atoms with van der Waals surface area (Å²) in [5, 5.41) is 24.1. The van der Waals surface area contributed by atoms with Crippen molar-refractivity contribution in [2.45, 2.75) is 95.8 Å². The van der Waals surface area contributed by atoms with Gasteiger partial charge in [0, 0.05) is 64.5 Å². The van der Waals surface area contributed by atoms with Crippen LogP contribution in [0.25, 0.3) is 11.0 Å². The van der Waals surface area contributed by atoms with Crippen molar-refractivity contribution >= 4 is 28.4 Å². The molecule has 1 aliphatic heterocycles. The third kappa shape index (κ3) is 4.58. The van der Waals surface area contributed by atoms with Crippen molar-refractivity contribution in [3.63, 3.8) is 0 Å². The van der Waals surface area contributed by atoms with Gasteiger partial charge in [0.2, 0.25) is 0 Å². The van der Waals surface area contributed by atoms with Crippen LogP contribution in [0.4, 0.5) is 4.39 Å². The maximum absolute atomic E-state index is 15.1. The Morgan fingerprint density at radius 1 is 0.961 bits per heavy atom. The minimum Gasteiger partial charge on any atom is -0.393 e. The van der Waals surface area contributed by atoms with Gasteiger partial charge in [0.25, 0.3) is 0 Å². The number of ketones is 1. The molecule has 2 heterocycles. The molecule has 1 unspecified atom stereocenters. The third-order valence-corrected chi connectivity index (χ3v) is 15.8.